The van der Waals surface area contributed by atoms with Gasteiger partial charge in [-0.3, -0.25) is 5.10 Å². The lowest BCUT2D eigenvalue weighted by atomic mass is 10.3. The van der Waals surface area contributed by atoms with Crippen LogP contribution in [0.1, 0.15) is 35.9 Å². The van der Waals surface area contributed by atoms with Crippen LogP contribution in [0.2, 0.25) is 0 Å². The Bertz CT molecular complexity index is 718. The van der Waals surface area contributed by atoms with Crippen molar-refractivity contribution >= 4 is 10.0 Å². The number of aromatic amines is 1. The molecule has 0 radical (unpaired) electrons. The highest BCUT2D eigenvalue weighted by atomic mass is 32.2. The van der Waals surface area contributed by atoms with Crippen molar-refractivity contribution in [2.45, 2.75) is 38.3 Å². The second kappa shape index (κ2) is 6.00. The molecule has 7 nitrogen and oxygen atoms in total. The normalized spacial score (nSPS) is 13.5. The van der Waals surface area contributed by atoms with Gasteiger partial charge in [-0.25, -0.2) is 13.1 Å². The molecule has 0 saturated carbocycles. The fraction of sp³-hybridized carbons (Fsp3) is 0.462. The zero-order chi connectivity index (χ0) is 15.6. The van der Waals surface area contributed by atoms with Crippen LogP contribution in [0, 0.1) is 13.8 Å². The lowest BCUT2D eigenvalue weighted by Crippen LogP contribution is -2.28. The third-order valence-electron chi connectivity index (χ3n) is 3.09. The molecule has 2 aromatic rings. The van der Waals surface area contributed by atoms with Gasteiger partial charge in [-0.1, -0.05) is 0 Å². The van der Waals surface area contributed by atoms with Gasteiger partial charge in [0.2, 0.25) is 10.0 Å². The molecule has 2 rings (SSSR count). The minimum atomic E-state index is -3.68. The Balaban J connectivity index is 2.28. The van der Waals surface area contributed by atoms with E-state index in [-0.39, 0.29) is 4.90 Å². The SMILES string of the molecule is CNCc1n[nH]c(C)c1S(=O)(=O)NC(C)c1ccc(C)o1. The number of aryl methyl sites for hydroxylation is 2. The van der Waals surface area contributed by atoms with Gasteiger partial charge in [0.1, 0.15) is 16.4 Å². The first-order valence-electron chi connectivity index (χ1n) is 6.62. The number of nitrogens with one attached hydrogen (secondary N) is 3. The molecular weight excluding hydrogens is 292 g/mol. The Kier molecular flexibility index (Phi) is 4.50. The molecule has 0 fully saturated rings. The molecule has 2 heterocycles. The summed E-state index contributed by atoms with van der Waals surface area (Å²) in [6, 6.07) is 3.11. The maximum absolute atomic E-state index is 12.6. The van der Waals surface area contributed by atoms with Crippen LogP contribution >= 0.6 is 0 Å². The lowest BCUT2D eigenvalue weighted by Gasteiger charge is -2.13. The van der Waals surface area contributed by atoms with Gasteiger partial charge in [-0.2, -0.15) is 5.10 Å². The fourth-order valence-electron chi connectivity index (χ4n) is 2.15. The van der Waals surface area contributed by atoms with Gasteiger partial charge >= 0.3 is 0 Å². The van der Waals surface area contributed by atoms with Crippen molar-refractivity contribution < 1.29 is 12.8 Å². The highest BCUT2D eigenvalue weighted by molar-refractivity contribution is 7.89. The average molecular weight is 312 g/mol. The van der Waals surface area contributed by atoms with E-state index in [4.69, 9.17) is 4.42 Å². The molecule has 0 saturated heterocycles. The van der Waals surface area contributed by atoms with Crippen LogP contribution in [0.4, 0.5) is 0 Å². The second-order valence-corrected chi connectivity index (χ2v) is 6.60. The molecule has 1 atom stereocenters. The molecule has 0 amide bonds. The zero-order valence-electron chi connectivity index (χ0n) is 12.5. The van der Waals surface area contributed by atoms with Crippen molar-refractivity contribution in [3.63, 3.8) is 0 Å². The Morgan fingerprint density at radius 2 is 2.10 bits per heavy atom. The van der Waals surface area contributed by atoms with E-state index in [0.29, 0.717) is 23.7 Å². The zero-order valence-corrected chi connectivity index (χ0v) is 13.3. The monoisotopic (exact) mass is 312 g/mol. The first kappa shape index (κ1) is 15.7. The van der Waals surface area contributed by atoms with Crippen LogP contribution in [0.5, 0.6) is 0 Å². The van der Waals surface area contributed by atoms with Crippen molar-refractivity contribution in [2.24, 2.45) is 0 Å². The number of nitrogens with zero attached hydrogens (tertiary/aromatic N) is 1. The molecule has 0 aliphatic heterocycles. The fourth-order valence-corrected chi connectivity index (χ4v) is 3.73. The summed E-state index contributed by atoms with van der Waals surface area (Å²) in [5.41, 5.74) is 0.973. The summed E-state index contributed by atoms with van der Waals surface area (Å²) in [6.07, 6.45) is 0. The Morgan fingerprint density at radius 1 is 1.38 bits per heavy atom. The van der Waals surface area contributed by atoms with Crippen LogP contribution in [-0.2, 0) is 16.6 Å². The van der Waals surface area contributed by atoms with E-state index in [1.54, 1.807) is 33.0 Å². The van der Waals surface area contributed by atoms with Crippen molar-refractivity contribution in [1.29, 1.82) is 0 Å². The predicted octanol–water partition coefficient (Wildman–Crippen LogP) is 1.38. The summed E-state index contributed by atoms with van der Waals surface area (Å²) in [7, 11) is -1.94. The Labute approximate surface area is 124 Å². The van der Waals surface area contributed by atoms with Crippen LogP contribution in [-0.4, -0.2) is 25.7 Å². The van der Waals surface area contributed by atoms with E-state index in [1.165, 1.54) is 0 Å². The molecule has 21 heavy (non-hydrogen) atoms. The highest BCUT2D eigenvalue weighted by Gasteiger charge is 2.26. The molecule has 116 valence electrons. The minimum Gasteiger partial charge on any atom is -0.465 e. The molecule has 0 bridgehead atoms. The van der Waals surface area contributed by atoms with Crippen molar-refractivity contribution in [1.82, 2.24) is 20.2 Å². The maximum Gasteiger partial charge on any atom is 0.244 e. The van der Waals surface area contributed by atoms with Crippen molar-refractivity contribution in [3.8, 4) is 0 Å². The molecular formula is C13H20N4O3S. The summed E-state index contributed by atoms with van der Waals surface area (Å²) in [5, 5.41) is 9.64. The highest BCUT2D eigenvalue weighted by Crippen LogP contribution is 2.22. The Morgan fingerprint density at radius 3 is 2.67 bits per heavy atom. The van der Waals surface area contributed by atoms with E-state index in [1.807, 2.05) is 6.92 Å². The predicted molar refractivity (Wildman–Crippen MR) is 78.3 cm³/mol. The lowest BCUT2D eigenvalue weighted by molar-refractivity contribution is 0.441. The third kappa shape index (κ3) is 3.34. The number of furan rings is 1. The largest absolute Gasteiger partial charge is 0.465 e. The molecule has 3 N–H and O–H groups in total. The maximum atomic E-state index is 12.6. The number of H-pyrrole nitrogens is 1. The molecule has 0 aromatic carbocycles. The second-order valence-electron chi connectivity index (χ2n) is 4.95. The summed E-state index contributed by atoms with van der Waals surface area (Å²) in [5.74, 6) is 1.32. The topological polar surface area (TPSA) is 100 Å². The molecule has 8 heteroatoms. The van der Waals surface area contributed by atoms with E-state index >= 15 is 0 Å². The number of aromatic nitrogens is 2. The summed E-state index contributed by atoms with van der Waals surface area (Å²) in [4.78, 5) is 0.187. The van der Waals surface area contributed by atoms with Crippen LogP contribution < -0.4 is 10.0 Å². The number of hydrogen-bond donors (Lipinski definition) is 3. The van der Waals surface area contributed by atoms with E-state index in [9.17, 15) is 8.42 Å². The molecule has 0 aliphatic carbocycles. The van der Waals surface area contributed by atoms with Gasteiger partial charge in [0, 0.05) is 6.54 Å². The van der Waals surface area contributed by atoms with E-state index < -0.39 is 16.1 Å². The molecule has 1 unspecified atom stereocenters. The first-order valence-corrected chi connectivity index (χ1v) is 8.10. The minimum absolute atomic E-state index is 0.187. The van der Waals surface area contributed by atoms with Crippen LogP contribution in [0.3, 0.4) is 0 Å². The van der Waals surface area contributed by atoms with Gasteiger partial charge < -0.3 is 9.73 Å². The molecule has 2 aromatic heterocycles. The number of sulfonamides is 1. The van der Waals surface area contributed by atoms with Crippen LogP contribution in [0.15, 0.2) is 21.4 Å². The van der Waals surface area contributed by atoms with E-state index in [0.717, 1.165) is 5.76 Å². The number of hydrogen-bond acceptors (Lipinski definition) is 5. The van der Waals surface area contributed by atoms with Gasteiger partial charge in [-0.15, -0.1) is 0 Å². The van der Waals surface area contributed by atoms with Gasteiger partial charge in [-0.05, 0) is 40.0 Å². The summed E-state index contributed by atoms with van der Waals surface area (Å²) >= 11 is 0. The van der Waals surface area contributed by atoms with Crippen molar-refractivity contribution in [3.05, 3.63) is 35.0 Å². The van der Waals surface area contributed by atoms with Crippen LogP contribution in [0.25, 0.3) is 0 Å². The quantitative estimate of drug-likeness (QED) is 0.748. The Hall–Kier alpha value is -1.64. The smallest absolute Gasteiger partial charge is 0.244 e. The molecule has 0 spiro atoms. The standard InChI is InChI=1S/C13H20N4O3S/c1-8-5-6-12(20-8)9(2)17-21(18,19)13-10(3)15-16-11(13)7-14-4/h5-6,9,14,17H,7H2,1-4H3,(H,15,16). The summed E-state index contributed by atoms with van der Waals surface area (Å²) in [6.45, 7) is 5.61. The first-order chi connectivity index (χ1) is 9.85. The van der Waals surface area contributed by atoms with Gasteiger partial charge in [0.05, 0.1) is 17.4 Å². The molecule has 0 aliphatic rings. The van der Waals surface area contributed by atoms with Gasteiger partial charge in [0.15, 0.2) is 0 Å². The average Bonchev–Trinajstić information content (AvgIpc) is 2.96. The number of rotatable bonds is 6. The van der Waals surface area contributed by atoms with E-state index in [2.05, 4.69) is 20.2 Å². The third-order valence-corrected chi connectivity index (χ3v) is 4.84. The van der Waals surface area contributed by atoms with Crippen molar-refractivity contribution in [2.75, 3.05) is 7.05 Å². The van der Waals surface area contributed by atoms with Gasteiger partial charge in [0.25, 0.3) is 0 Å². The summed E-state index contributed by atoms with van der Waals surface area (Å²) < 4.78 is 33.2.